The van der Waals surface area contributed by atoms with Crippen LogP contribution in [0.4, 0.5) is 10.5 Å². The summed E-state index contributed by atoms with van der Waals surface area (Å²) < 4.78 is 0. The van der Waals surface area contributed by atoms with Gasteiger partial charge in [0.15, 0.2) is 0 Å². The molecule has 3 N–H and O–H groups in total. The van der Waals surface area contributed by atoms with Gasteiger partial charge < -0.3 is 0 Å². The van der Waals surface area contributed by atoms with E-state index in [1.54, 1.807) is 19.9 Å². The SMILES string of the molecule is C/C=C(C=C1C(=O)NC(=O)NC1=O)\C(C)=N/Nc1ccccc1. The fraction of sp³-hybridized carbons (Fsp3) is 0.125. The Morgan fingerprint density at radius 1 is 1.09 bits per heavy atom. The summed E-state index contributed by atoms with van der Waals surface area (Å²) in [5.74, 6) is -1.47. The van der Waals surface area contributed by atoms with Gasteiger partial charge >= 0.3 is 6.03 Å². The van der Waals surface area contributed by atoms with Crippen LogP contribution >= 0.6 is 0 Å². The Kier molecular flexibility index (Phi) is 5.03. The van der Waals surface area contributed by atoms with Crippen LogP contribution < -0.4 is 16.1 Å². The Labute approximate surface area is 133 Å². The second-order valence-corrected chi connectivity index (χ2v) is 4.71. The molecule has 0 atom stereocenters. The molecule has 0 bridgehead atoms. The molecule has 0 aliphatic carbocycles. The summed E-state index contributed by atoms with van der Waals surface area (Å²) in [5.41, 5.74) is 4.73. The van der Waals surface area contributed by atoms with Crippen molar-refractivity contribution in [2.75, 3.05) is 5.43 Å². The summed E-state index contributed by atoms with van der Waals surface area (Å²) in [4.78, 5) is 34.5. The van der Waals surface area contributed by atoms with E-state index in [0.29, 0.717) is 11.3 Å². The third kappa shape index (κ3) is 4.13. The number of hydrazone groups is 1. The summed E-state index contributed by atoms with van der Waals surface area (Å²) >= 11 is 0. The molecule has 7 heteroatoms. The van der Waals surface area contributed by atoms with Crippen LogP contribution in [0.1, 0.15) is 13.8 Å². The van der Waals surface area contributed by atoms with Crippen LogP contribution in [0.5, 0.6) is 0 Å². The molecule has 0 unspecified atom stereocenters. The molecule has 0 radical (unpaired) electrons. The second kappa shape index (κ2) is 7.17. The molecule has 4 amide bonds. The number of urea groups is 1. The molecule has 2 rings (SSSR count). The van der Waals surface area contributed by atoms with Crippen molar-refractivity contribution in [3.05, 3.63) is 53.6 Å². The lowest BCUT2D eigenvalue weighted by atomic mass is 10.1. The van der Waals surface area contributed by atoms with Crippen molar-refractivity contribution < 1.29 is 14.4 Å². The van der Waals surface area contributed by atoms with E-state index in [1.165, 1.54) is 6.08 Å². The number of imide groups is 2. The number of allylic oxidation sites excluding steroid dienone is 3. The van der Waals surface area contributed by atoms with E-state index in [2.05, 4.69) is 10.5 Å². The molecule has 23 heavy (non-hydrogen) atoms. The van der Waals surface area contributed by atoms with Crippen molar-refractivity contribution in [3.63, 3.8) is 0 Å². The van der Waals surface area contributed by atoms with Gasteiger partial charge in [0.2, 0.25) is 0 Å². The lowest BCUT2D eigenvalue weighted by Gasteiger charge is -2.14. The molecule has 0 saturated carbocycles. The number of hydrogen-bond acceptors (Lipinski definition) is 5. The highest BCUT2D eigenvalue weighted by atomic mass is 16.2. The van der Waals surface area contributed by atoms with Crippen molar-refractivity contribution in [2.45, 2.75) is 13.8 Å². The van der Waals surface area contributed by atoms with E-state index in [4.69, 9.17) is 0 Å². The first-order valence-corrected chi connectivity index (χ1v) is 6.91. The zero-order chi connectivity index (χ0) is 16.8. The van der Waals surface area contributed by atoms with Crippen molar-refractivity contribution in [2.24, 2.45) is 5.10 Å². The first kappa shape index (κ1) is 16.2. The minimum atomic E-state index is -0.824. The topological polar surface area (TPSA) is 99.7 Å². The quantitative estimate of drug-likeness (QED) is 0.341. The number of benzene rings is 1. The molecule has 118 valence electrons. The molecule has 1 saturated heterocycles. The number of hydrogen-bond donors (Lipinski definition) is 3. The first-order chi connectivity index (χ1) is 11.0. The number of anilines is 1. The summed E-state index contributed by atoms with van der Waals surface area (Å²) in [5, 5.41) is 8.27. The third-order valence-electron chi connectivity index (χ3n) is 3.10. The highest BCUT2D eigenvalue weighted by Crippen LogP contribution is 2.10. The van der Waals surface area contributed by atoms with Crippen LogP contribution in [0.2, 0.25) is 0 Å². The highest BCUT2D eigenvalue weighted by molar-refractivity contribution is 6.29. The van der Waals surface area contributed by atoms with Crippen LogP contribution in [0, 0.1) is 0 Å². The molecule has 1 heterocycles. The number of carbonyl (C=O) groups is 3. The predicted molar refractivity (Wildman–Crippen MR) is 86.7 cm³/mol. The first-order valence-electron chi connectivity index (χ1n) is 6.91. The van der Waals surface area contributed by atoms with Crippen molar-refractivity contribution in [1.29, 1.82) is 0 Å². The van der Waals surface area contributed by atoms with Gasteiger partial charge in [-0.05, 0) is 37.6 Å². The number of nitrogens with zero attached hydrogens (tertiary/aromatic N) is 1. The van der Waals surface area contributed by atoms with Gasteiger partial charge in [0, 0.05) is 0 Å². The molecular formula is C16H16N4O3. The molecule has 7 nitrogen and oxygen atoms in total. The number of rotatable bonds is 4. The molecule has 0 spiro atoms. The van der Waals surface area contributed by atoms with Crippen molar-refractivity contribution >= 4 is 29.2 Å². The monoisotopic (exact) mass is 312 g/mol. The third-order valence-corrected chi connectivity index (χ3v) is 3.10. The van der Waals surface area contributed by atoms with Crippen molar-refractivity contribution in [1.82, 2.24) is 10.6 Å². The van der Waals surface area contributed by atoms with Gasteiger partial charge in [-0.2, -0.15) is 5.10 Å². The predicted octanol–water partition coefficient (Wildman–Crippen LogP) is 1.71. The Balaban J connectivity index is 2.19. The maximum Gasteiger partial charge on any atom is 0.328 e. The molecule has 1 aliphatic rings. The fourth-order valence-electron chi connectivity index (χ4n) is 1.88. The van der Waals surface area contributed by atoms with Crippen LogP contribution in [0.3, 0.4) is 0 Å². The minimum Gasteiger partial charge on any atom is -0.278 e. The zero-order valence-corrected chi connectivity index (χ0v) is 12.7. The molecule has 1 aromatic rings. The summed E-state index contributed by atoms with van der Waals surface area (Å²) in [6, 6.07) is 8.54. The van der Waals surface area contributed by atoms with Gasteiger partial charge in [0.25, 0.3) is 11.8 Å². The maximum absolute atomic E-state index is 11.7. The Morgan fingerprint density at radius 3 is 2.26 bits per heavy atom. The Bertz CT molecular complexity index is 711. The van der Waals surface area contributed by atoms with E-state index >= 15 is 0 Å². The van der Waals surface area contributed by atoms with Crippen molar-refractivity contribution in [3.8, 4) is 0 Å². The number of nitrogens with one attached hydrogen (secondary N) is 3. The van der Waals surface area contributed by atoms with E-state index in [-0.39, 0.29) is 5.57 Å². The lowest BCUT2D eigenvalue weighted by Crippen LogP contribution is -2.51. The van der Waals surface area contributed by atoms with Gasteiger partial charge in [-0.15, -0.1) is 0 Å². The molecule has 0 aromatic heterocycles. The number of barbiturate groups is 1. The lowest BCUT2D eigenvalue weighted by molar-refractivity contribution is -0.124. The molecule has 1 aromatic carbocycles. The van der Waals surface area contributed by atoms with E-state index in [0.717, 1.165) is 5.69 Å². The molecule has 1 fully saturated rings. The Hall–Kier alpha value is -3.22. The van der Waals surface area contributed by atoms with Gasteiger partial charge in [-0.1, -0.05) is 24.3 Å². The fourth-order valence-corrected chi connectivity index (χ4v) is 1.88. The molecule has 1 aliphatic heterocycles. The minimum absolute atomic E-state index is 0.146. The number of carbonyl (C=O) groups excluding carboxylic acids is 3. The van der Waals surface area contributed by atoms with Gasteiger partial charge in [0.05, 0.1) is 11.4 Å². The largest absolute Gasteiger partial charge is 0.328 e. The maximum atomic E-state index is 11.7. The van der Waals surface area contributed by atoms with E-state index in [9.17, 15) is 14.4 Å². The summed E-state index contributed by atoms with van der Waals surface area (Å²) in [6.45, 7) is 3.50. The highest BCUT2D eigenvalue weighted by Gasteiger charge is 2.27. The van der Waals surface area contributed by atoms with Crippen LogP contribution in [-0.2, 0) is 9.59 Å². The van der Waals surface area contributed by atoms with Gasteiger partial charge in [0.1, 0.15) is 5.57 Å². The summed E-state index contributed by atoms with van der Waals surface area (Å²) in [6.07, 6.45) is 3.11. The average Bonchev–Trinajstić information content (AvgIpc) is 2.53. The summed E-state index contributed by atoms with van der Waals surface area (Å²) in [7, 11) is 0. The van der Waals surface area contributed by atoms with Crippen LogP contribution in [0.25, 0.3) is 0 Å². The molecular weight excluding hydrogens is 296 g/mol. The standard InChI is InChI=1S/C16H16N4O3/c1-3-11(9-13-14(21)17-16(23)18-15(13)22)10(2)19-20-12-7-5-4-6-8-12/h3-9,20H,1-2H3,(H2,17,18,21,22,23)/b11-3-,19-10-. The zero-order valence-electron chi connectivity index (χ0n) is 12.7. The van der Waals surface area contributed by atoms with E-state index < -0.39 is 17.8 Å². The smallest absolute Gasteiger partial charge is 0.278 e. The Morgan fingerprint density at radius 2 is 1.70 bits per heavy atom. The van der Waals surface area contributed by atoms with Gasteiger partial charge in [-0.25, -0.2) is 4.79 Å². The average molecular weight is 312 g/mol. The van der Waals surface area contributed by atoms with Crippen LogP contribution in [0.15, 0.2) is 58.7 Å². The van der Waals surface area contributed by atoms with E-state index in [1.807, 2.05) is 41.0 Å². The number of amides is 4. The van der Waals surface area contributed by atoms with Crippen LogP contribution in [-0.4, -0.2) is 23.6 Å². The second-order valence-electron chi connectivity index (χ2n) is 4.71. The normalized spacial score (nSPS) is 15.9. The van der Waals surface area contributed by atoms with Gasteiger partial charge in [-0.3, -0.25) is 25.6 Å². The number of para-hydroxylation sites is 1.